The van der Waals surface area contributed by atoms with E-state index in [4.69, 9.17) is 16.0 Å². The summed E-state index contributed by atoms with van der Waals surface area (Å²) in [6.07, 6.45) is 0. The zero-order valence-electron chi connectivity index (χ0n) is 23.3. The Labute approximate surface area is 275 Å². The van der Waals surface area contributed by atoms with Crippen molar-refractivity contribution in [2.24, 2.45) is 30.7 Å². The Kier molecular flexibility index (Phi) is 10.3. The number of rotatable bonds is 8. The minimum Gasteiger partial charge on any atom is -0.872 e. The minimum absolute atomic E-state index is 0. The molecule has 5 N–H and O–H groups in total. The van der Waals surface area contributed by atoms with Gasteiger partial charge in [-0.2, -0.15) is 28.9 Å². The van der Waals surface area contributed by atoms with Crippen molar-refractivity contribution in [1.82, 2.24) is 0 Å². The Morgan fingerprint density at radius 3 is 1.25 bits per heavy atom. The van der Waals surface area contributed by atoms with E-state index >= 15 is 0 Å². The molecule has 0 amide bonds. The maximum Gasteiger partial charge on any atom is 1.00 e. The van der Waals surface area contributed by atoms with Gasteiger partial charge in [-0.1, -0.05) is 36.4 Å². The summed E-state index contributed by atoms with van der Waals surface area (Å²) in [5, 5.41) is 36.2. The van der Waals surface area contributed by atoms with Crippen molar-refractivity contribution in [3.63, 3.8) is 0 Å². The molecule has 0 unspecified atom stereocenters. The fraction of sp³-hybridized carbons (Fsp3) is 0. The van der Waals surface area contributed by atoms with Gasteiger partial charge in [0.15, 0.2) is 0 Å². The average molecular weight is 615 g/mol. The van der Waals surface area contributed by atoms with Gasteiger partial charge in [0.1, 0.15) is 11.4 Å². The van der Waals surface area contributed by atoms with Crippen LogP contribution < -0.4 is 46.1 Å². The molecule has 0 aliphatic carbocycles. The summed E-state index contributed by atoms with van der Waals surface area (Å²) < 4.78 is 31.5. The summed E-state index contributed by atoms with van der Waals surface area (Å²) in [7, 11) is -4.31. The zero-order valence-corrected chi connectivity index (χ0v) is 26.1. The van der Waals surface area contributed by atoms with Crippen molar-refractivity contribution in [2.75, 3.05) is 11.5 Å². The van der Waals surface area contributed by atoms with E-state index in [1.165, 1.54) is 48.5 Å². The summed E-state index contributed by atoms with van der Waals surface area (Å²) >= 11 is 0. The van der Waals surface area contributed by atoms with Crippen LogP contribution in [0.25, 0.3) is 11.1 Å². The fourth-order valence-electron chi connectivity index (χ4n) is 3.76. The Bertz CT molecular complexity index is 1950. The minimum atomic E-state index is -4.31. The molecule has 0 radical (unpaired) electrons. The standard InChI is InChI=1S/C30H24N8O4S.Na/c31-27-17-28(32)30(38-36-24-11-15-26(16-12-24)43(40,41)42)18-29(27)37-35-22-7-3-20(4-8-22)19-1-5-21(6-2-19)33-34-23-9-13-25(39)14-10-23;/h1-18,39H,31-32H2,(H,40,41,42);/q;+1/p-1. The molecule has 0 spiro atoms. The summed E-state index contributed by atoms with van der Waals surface area (Å²) in [6.45, 7) is 0. The van der Waals surface area contributed by atoms with Crippen LogP contribution >= 0.6 is 0 Å². The largest absolute Gasteiger partial charge is 1.00 e. The van der Waals surface area contributed by atoms with Crippen molar-refractivity contribution >= 4 is 55.6 Å². The summed E-state index contributed by atoms with van der Waals surface area (Å²) in [4.78, 5) is -0.254. The van der Waals surface area contributed by atoms with Gasteiger partial charge < -0.3 is 16.6 Å². The van der Waals surface area contributed by atoms with Crippen LogP contribution in [-0.2, 0) is 10.1 Å². The van der Waals surface area contributed by atoms with Crippen molar-refractivity contribution in [2.45, 2.75) is 4.90 Å². The second kappa shape index (κ2) is 14.1. The van der Waals surface area contributed by atoms with Crippen LogP contribution in [0.4, 0.5) is 45.5 Å². The molecule has 0 saturated carbocycles. The zero-order chi connectivity index (χ0) is 30.4. The normalized spacial score (nSPS) is 11.8. The molecule has 0 atom stereocenters. The number of nitrogen functional groups attached to an aromatic ring is 2. The van der Waals surface area contributed by atoms with E-state index in [0.717, 1.165) is 11.1 Å². The quantitative estimate of drug-likeness (QED) is 0.0939. The van der Waals surface area contributed by atoms with E-state index in [9.17, 15) is 13.5 Å². The molecule has 0 aliphatic heterocycles. The third-order valence-corrected chi connectivity index (χ3v) is 6.91. The molecule has 214 valence electrons. The second-order valence-electron chi connectivity index (χ2n) is 9.13. The molecule has 5 aromatic carbocycles. The molecule has 12 nitrogen and oxygen atoms in total. The number of nitrogens with zero attached hydrogens (tertiary/aromatic N) is 6. The first-order chi connectivity index (χ1) is 20.6. The molecule has 0 aliphatic rings. The van der Waals surface area contributed by atoms with Gasteiger partial charge in [0.05, 0.1) is 39.0 Å². The SMILES string of the molecule is Nc1cc(N)c(N=Nc2ccc(S(=O)(=O)O)cc2)cc1N=Nc1ccc(-c2ccc(N=Nc3ccc([O-])cc3)cc2)cc1.[Na+]. The predicted octanol–water partition coefficient (Wildman–Crippen LogP) is 5.09. The number of hydrogen-bond donors (Lipinski definition) is 3. The average Bonchev–Trinajstić information content (AvgIpc) is 3.00. The van der Waals surface area contributed by atoms with Crippen molar-refractivity contribution in [3.8, 4) is 16.9 Å². The van der Waals surface area contributed by atoms with Gasteiger partial charge in [-0.25, -0.2) is 0 Å². The van der Waals surface area contributed by atoms with Crippen molar-refractivity contribution in [3.05, 3.63) is 109 Å². The molecule has 0 bridgehead atoms. The number of nitrogens with two attached hydrogens (primary N) is 2. The molecule has 0 heterocycles. The van der Waals surface area contributed by atoms with Gasteiger partial charge in [0.25, 0.3) is 10.1 Å². The van der Waals surface area contributed by atoms with Crippen molar-refractivity contribution in [1.29, 1.82) is 0 Å². The van der Waals surface area contributed by atoms with Crippen LogP contribution in [0.15, 0.2) is 145 Å². The van der Waals surface area contributed by atoms with Gasteiger partial charge in [0.2, 0.25) is 0 Å². The van der Waals surface area contributed by atoms with Crippen LogP contribution in [0.1, 0.15) is 0 Å². The molecule has 14 heteroatoms. The predicted molar refractivity (Wildman–Crippen MR) is 162 cm³/mol. The smallest absolute Gasteiger partial charge is 0.872 e. The molecule has 5 rings (SSSR count). The van der Waals surface area contributed by atoms with Gasteiger partial charge in [0, 0.05) is 0 Å². The van der Waals surface area contributed by atoms with Gasteiger partial charge in [-0.15, -0.1) is 16.0 Å². The van der Waals surface area contributed by atoms with E-state index in [2.05, 4.69) is 30.7 Å². The van der Waals surface area contributed by atoms with Crippen molar-refractivity contribution < 1.29 is 47.6 Å². The number of azo groups is 3. The molecule has 44 heavy (non-hydrogen) atoms. The summed E-state index contributed by atoms with van der Waals surface area (Å²) in [6, 6.07) is 29.4. The topological polar surface area (TPSA) is 204 Å². The molecule has 0 fully saturated rings. The van der Waals surface area contributed by atoms with E-state index < -0.39 is 10.1 Å². The molecular formula is C30H23N8NaO4S. The fourth-order valence-corrected chi connectivity index (χ4v) is 4.24. The Balaban J connectivity index is 0.00000442. The van der Waals surface area contributed by atoms with Crippen LogP contribution in [0.5, 0.6) is 5.75 Å². The first kappa shape index (κ1) is 32.1. The maximum absolute atomic E-state index is 11.2. The third kappa shape index (κ3) is 8.40. The first-order valence-electron chi connectivity index (χ1n) is 12.6. The van der Waals surface area contributed by atoms with Crippen LogP contribution in [0, 0.1) is 0 Å². The Morgan fingerprint density at radius 1 is 0.523 bits per heavy atom. The van der Waals surface area contributed by atoms with Gasteiger partial charge >= 0.3 is 29.6 Å². The van der Waals surface area contributed by atoms with E-state index in [1.54, 1.807) is 12.1 Å². The number of benzene rings is 5. The number of hydrogen-bond acceptors (Lipinski definition) is 11. The number of anilines is 2. The second-order valence-corrected chi connectivity index (χ2v) is 10.5. The van der Waals surface area contributed by atoms with E-state index in [-0.39, 0.29) is 45.9 Å². The molecular weight excluding hydrogens is 591 g/mol. The molecule has 5 aromatic rings. The van der Waals surface area contributed by atoms with Gasteiger partial charge in [-0.3, -0.25) is 4.55 Å². The van der Waals surface area contributed by atoms with Crippen LogP contribution in [0.3, 0.4) is 0 Å². The first-order valence-corrected chi connectivity index (χ1v) is 14.1. The maximum atomic E-state index is 11.2. The van der Waals surface area contributed by atoms with Gasteiger partial charge in [-0.05, 0) is 83.9 Å². The van der Waals surface area contributed by atoms with E-state index in [0.29, 0.717) is 39.8 Å². The third-order valence-electron chi connectivity index (χ3n) is 6.04. The molecule has 0 saturated heterocycles. The summed E-state index contributed by atoms with van der Waals surface area (Å²) in [5.74, 6) is -0.0781. The summed E-state index contributed by atoms with van der Waals surface area (Å²) in [5.41, 5.74) is 17.5. The van der Waals surface area contributed by atoms with Crippen LogP contribution in [0.2, 0.25) is 0 Å². The van der Waals surface area contributed by atoms with E-state index in [1.807, 2.05) is 48.5 Å². The molecule has 0 aromatic heterocycles. The Hall–Kier alpha value is -4.79. The monoisotopic (exact) mass is 614 g/mol. The van der Waals surface area contributed by atoms with Crippen LogP contribution in [-0.4, -0.2) is 13.0 Å². The Morgan fingerprint density at radius 2 is 0.864 bits per heavy atom.